The van der Waals surface area contributed by atoms with Crippen LogP contribution < -0.4 is 5.32 Å². The molecular formula is C27H23F3N4O2. The Morgan fingerprint density at radius 1 is 1.14 bits per heavy atom. The predicted molar refractivity (Wildman–Crippen MR) is 133 cm³/mol. The number of fused-ring (bicyclic) bond motifs is 2. The van der Waals surface area contributed by atoms with Gasteiger partial charge in [-0.05, 0) is 37.6 Å². The highest BCUT2D eigenvalue weighted by Gasteiger charge is 2.23. The van der Waals surface area contributed by atoms with Crippen molar-refractivity contribution in [1.29, 1.82) is 0 Å². The molecule has 3 aromatic carbocycles. The summed E-state index contributed by atoms with van der Waals surface area (Å²) in [7, 11) is 1.93. The number of carbonyl (C=O) groups is 1. The maximum Gasteiger partial charge on any atom is 0.195 e. The molecule has 0 saturated heterocycles. The molecule has 0 unspecified atom stereocenters. The first-order valence-electron chi connectivity index (χ1n) is 11.3. The number of para-hydroxylation sites is 1. The molecular weight excluding hydrogens is 469 g/mol. The lowest BCUT2D eigenvalue weighted by molar-refractivity contribution is 0.103. The molecule has 0 aliphatic heterocycles. The van der Waals surface area contributed by atoms with Crippen molar-refractivity contribution in [3.63, 3.8) is 0 Å². The largest absolute Gasteiger partial charge is 0.395 e. The summed E-state index contributed by atoms with van der Waals surface area (Å²) in [5.41, 5.74) is 5.57. The Hall–Kier alpha value is -4.11. The van der Waals surface area contributed by atoms with E-state index in [4.69, 9.17) is 4.98 Å². The van der Waals surface area contributed by atoms with Crippen LogP contribution in [0.15, 0.2) is 42.6 Å². The van der Waals surface area contributed by atoms with Crippen LogP contribution in [0.3, 0.4) is 0 Å². The third-order valence-corrected chi connectivity index (χ3v) is 6.49. The van der Waals surface area contributed by atoms with Crippen molar-refractivity contribution < 1.29 is 23.1 Å². The Balaban J connectivity index is 1.72. The number of aromatic nitrogens is 3. The fraction of sp³-hybridized carbons (Fsp3) is 0.185. The molecule has 2 heterocycles. The summed E-state index contributed by atoms with van der Waals surface area (Å²) in [5, 5.41) is 13.3. The molecule has 2 aromatic heterocycles. The summed E-state index contributed by atoms with van der Waals surface area (Å²) in [4.78, 5) is 21.0. The number of carbonyl (C=O) groups excluding carboxylic acids is 1. The number of aliphatic hydroxyl groups is 1. The van der Waals surface area contributed by atoms with Crippen LogP contribution >= 0.6 is 0 Å². The van der Waals surface area contributed by atoms with Crippen molar-refractivity contribution in [2.24, 2.45) is 7.05 Å². The lowest BCUT2D eigenvalue weighted by Gasteiger charge is -2.17. The molecule has 3 N–H and O–H groups in total. The number of aryl methyl sites for hydroxylation is 3. The molecule has 0 amide bonds. The minimum atomic E-state index is -1.62. The van der Waals surface area contributed by atoms with Crippen molar-refractivity contribution in [3.05, 3.63) is 82.6 Å². The highest BCUT2D eigenvalue weighted by molar-refractivity contribution is 6.18. The molecule has 0 aliphatic carbocycles. The summed E-state index contributed by atoms with van der Waals surface area (Å²) in [5.74, 6) is -4.27. The monoisotopic (exact) mass is 492 g/mol. The number of imidazole rings is 1. The third-order valence-electron chi connectivity index (χ3n) is 6.49. The van der Waals surface area contributed by atoms with Gasteiger partial charge in [0, 0.05) is 47.4 Å². The van der Waals surface area contributed by atoms with E-state index in [1.165, 1.54) is 6.20 Å². The van der Waals surface area contributed by atoms with Gasteiger partial charge in [-0.15, -0.1) is 0 Å². The predicted octanol–water partition coefficient (Wildman–Crippen LogP) is 5.39. The first-order valence-corrected chi connectivity index (χ1v) is 11.3. The lowest BCUT2D eigenvalue weighted by atomic mass is 9.94. The molecule has 6 nitrogen and oxygen atoms in total. The van der Waals surface area contributed by atoms with E-state index >= 15 is 0 Å². The third kappa shape index (κ3) is 3.63. The zero-order valence-corrected chi connectivity index (χ0v) is 19.8. The number of aliphatic hydroxyl groups excluding tert-OH is 1. The Kier molecular flexibility index (Phi) is 5.80. The summed E-state index contributed by atoms with van der Waals surface area (Å²) >= 11 is 0. The summed E-state index contributed by atoms with van der Waals surface area (Å²) < 4.78 is 43.0. The van der Waals surface area contributed by atoms with E-state index in [1.807, 2.05) is 37.6 Å². The molecule has 5 rings (SSSR count). The molecule has 0 bridgehead atoms. The highest BCUT2D eigenvalue weighted by Crippen LogP contribution is 2.41. The van der Waals surface area contributed by atoms with E-state index in [0.29, 0.717) is 29.6 Å². The number of H-pyrrole nitrogens is 1. The molecule has 0 atom stereocenters. The fourth-order valence-electron chi connectivity index (χ4n) is 4.66. The lowest BCUT2D eigenvalue weighted by Crippen LogP contribution is -2.08. The van der Waals surface area contributed by atoms with Gasteiger partial charge in [0.2, 0.25) is 0 Å². The van der Waals surface area contributed by atoms with E-state index in [0.717, 1.165) is 39.2 Å². The zero-order chi connectivity index (χ0) is 25.7. The molecule has 36 heavy (non-hydrogen) atoms. The molecule has 0 spiro atoms. The van der Waals surface area contributed by atoms with E-state index in [9.17, 15) is 23.1 Å². The van der Waals surface area contributed by atoms with Gasteiger partial charge in [-0.25, -0.2) is 18.2 Å². The van der Waals surface area contributed by atoms with Gasteiger partial charge >= 0.3 is 0 Å². The van der Waals surface area contributed by atoms with Crippen LogP contribution in [0.4, 0.5) is 18.9 Å². The smallest absolute Gasteiger partial charge is 0.195 e. The van der Waals surface area contributed by atoms with E-state index < -0.39 is 23.2 Å². The number of hydrogen-bond donors (Lipinski definition) is 3. The van der Waals surface area contributed by atoms with Gasteiger partial charge in [0.1, 0.15) is 11.3 Å². The SMILES string of the molecule is Cc1cc2c(nc(C)n2C)c(NCCO)c1-c1cccc2c(C(=O)c3cc(F)c(F)c(F)c3)c[nH]c12. The average Bonchev–Trinajstić information content (AvgIpc) is 3.41. The maximum atomic E-state index is 13.8. The first kappa shape index (κ1) is 23.6. The van der Waals surface area contributed by atoms with Gasteiger partial charge in [0.15, 0.2) is 23.2 Å². The molecule has 0 aliphatic rings. The van der Waals surface area contributed by atoms with Crippen LogP contribution in [-0.4, -0.2) is 38.6 Å². The Labute approximate surface area is 204 Å². The number of halogens is 3. The van der Waals surface area contributed by atoms with Gasteiger partial charge in [-0.3, -0.25) is 4.79 Å². The van der Waals surface area contributed by atoms with E-state index in [2.05, 4.69) is 10.3 Å². The van der Waals surface area contributed by atoms with Crippen molar-refractivity contribution in [2.45, 2.75) is 13.8 Å². The molecule has 0 radical (unpaired) electrons. The maximum absolute atomic E-state index is 13.8. The molecule has 5 aromatic rings. The quantitative estimate of drug-likeness (QED) is 0.219. The second-order valence-corrected chi connectivity index (χ2v) is 8.69. The summed E-state index contributed by atoms with van der Waals surface area (Å²) in [6.45, 7) is 4.12. The number of rotatable bonds is 6. The second-order valence-electron chi connectivity index (χ2n) is 8.69. The van der Waals surface area contributed by atoms with Crippen molar-refractivity contribution in [1.82, 2.24) is 14.5 Å². The Morgan fingerprint density at radius 3 is 2.56 bits per heavy atom. The van der Waals surface area contributed by atoms with E-state index in [-0.39, 0.29) is 17.7 Å². The zero-order valence-electron chi connectivity index (χ0n) is 19.8. The standard InChI is InChI=1S/C27H23F3N4O2/c1-13-9-21-25(33-14(2)34(21)3)26(31-7-8-35)22(13)17-6-4-5-16-18(12-32-24(16)17)27(36)15-10-19(28)23(30)20(29)11-15/h4-6,9-12,31-32,35H,7-8H2,1-3H3. The topological polar surface area (TPSA) is 82.9 Å². The number of anilines is 1. The summed E-state index contributed by atoms with van der Waals surface area (Å²) in [6, 6.07) is 8.85. The minimum absolute atomic E-state index is 0.0726. The van der Waals surface area contributed by atoms with Crippen LogP contribution in [-0.2, 0) is 7.05 Å². The van der Waals surface area contributed by atoms with Crippen LogP contribution in [0, 0.1) is 31.3 Å². The molecule has 9 heteroatoms. The molecule has 0 saturated carbocycles. The fourth-order valence-corrected chi connectivity index (χ4v) is 4.66. The number of hydrogen-bond acceptors (Lipinski definition) is 4. The van der Waals surface area contributed by atoms with Gasteiger partial charge in [-0.1, -0.05) is 18.2 Å². The van der Waals surface area contributed by atoms with Crippen LogP contribution in [0.1, 0.15) is 27.3 Å². The number of aromatic amines is 1. The number of benzene rings is 3. The number of nitrogens with zero attached hydrogens (tertiary/aromatic N) is 2. The van der Waals surface area contributed by atoms with Crippen molar-refractivity contribution in [3.8, 4) is 11.1 Å². The molecule has 0 fully saturated rings. The Morgan fingerprint density at radius 2 is 1.86 bits per heavy atom. The van der Waals surface area contributed by atoms with E-state index in [1.54, 1.807) is 12.1 Å². The summed E-state index contributed by atoms with van der Waals surface area (Å²) in [6.07, 6.45) is 1.48. The normalized spacial score (nSPS) is 11.5. The van der Waals surface area contributed by atoms with Gasteiger partial charge in [-0.2, -0.15) is 0 Å². The van der Waals surface area contributed by atoms with Crippen LogP contribution in [0.25, 0.3) is 33.1 Å². The van der Waals surface area contributed by atoms with Crippen molar-refractivity contribution >= 4 is 33.4 Å². The average molecular weight is 493 g/mol. The van der Waals surface area contributed by atoms with Gasteiger partial charge in [0.25, 0.3) is 0 Å². The van der Waals surface area contributed by atoms with Crippen molar-refractivity contribution in [2.75, 3.05) is 18.5 Å². The van der Waals surface area contributed by atoms with Crippen LogP contribution in [0.2, 0.25) is 0 Å². The van der Waals surface area contributed by atoms with Crippen LogP contribution in [0.5, 0.6) is 0 Å². The Bertz CT molecular complexity index is 1650. The number of nitrogens with one attached hydrogen (secondary N) is 2. The number of ketones is 1. The molecule has 184 valence electrons. The highest BCUT2D eigenvalue weighted by atomic mass is 19.2. The second kappa shape index (κ2) is 8.83. The van der Waals surface area contributed by atoms with Gasteiger partial charge < -0.3 is 20.0 Å². The minimum Gasteiger partial charge on any atom is -0.395 e. The first-order chi connectivity index (χ1) is 17.2. The van der Waals surface area contributed by atoms with Gasteiger partial charge in [0.05, 0.1) is 23.3 Å².